The van der Waals surface area contributed by atoms with E-state index in [2.05, 4.69) is 15.5 Å². The molecule has 1 saturated heterocycles. The number of methoxy groups -OCH3 is 1. The first-order valence-corrected chi connectivity index (χ1v) is 6.94. The number of aromatic nitrogens is 2. The van der Waals surface area contributed by atoms with E-state index in [-0.39, 0.29) is 0 Å². The molecule has 0 spiro atoms. The lowest BCUT2D eigenvalue weighted by Crippen LogP contribution is -2.10. The van der Waals surface area contributed by atoms with Gasteiger partial charge in [0.25, 0.3) is 0 Å². The van der Waals surface area contributed by atoms with Crippen LogP contribution in [0.3, 0.4) is 0 Å². The molecule has 5 nitrogen and oxygen atoms in total. The highest BCUT2D eigenvalue weighted by Crippen LogP contribution is 2.24. The third kappa shape index (κ3) is 2.67. The molecule has 0 amide bonds. The van der Waals surface area contributed by atoms with Crippen LogP contribution in [-0.2, 0) is 6.42 Å². The van der Waals surface area contributed by atoms with Crippen molar-refractivity contribution in [3.05, 3.63) is 29.7 Å². The second-order valence-electron chi connectivity index (χ2n) is 5.26. The maximum atomic E-state index is 5.36. The Labute approximate surface area is 118 Å². The number of nitrogens with one attached hydrogen (secondary N) is 1. The van der Waals surface area contributed by atoms with Crippen molar-refractivity contribution < 1.29 is 9.26 Å². The zero-order chi connectivity index (χ0) is 13.9. The Hall–Kier alpha value is -1.88. The summed E-state index contributed by atoms with van der Waals surface area (Å²) in [5.74, 6) is 2.86. The van der Waals surface area contributed by atoms with Crippen LogP contribution in [0.25, 0.3) is 11.4 Å². The van der Waals surface area contributed by atoms with Crippen LogP contribution in [0, 0.1) is 12.8 Å². The first-order valence-electron chi connectivity index (χ1n) is 6.94. The third-order valence-corrected chi connectivity index (χ3v) is 3.75. The Morgan fingerprint density at radius 1 is 1.45 bits per heavy atom. The molecule has 0 saturated carbocycles. The second-order valence-corrected chi connectivity index (χ2v) is 5.26. The maximum absolute atomic E-state index is 5.36. The fraction of sp³-hybridized carbons (Fsp3) is 0.467. The summed E-state index contributed by atoms with van der Waals surface area (Å²) in [7, 11) is 1.67. The lowest BCUT2D eigenvalue weighted by Gasteiger charge is -2.04. The fourth-order valence-electron chi connectivity index (χ4n) is 2.61. The number of rotatable bonds is 4. The lowest BCUT2D eigenvalue weighted by molar-refractivity contribution is 0.358. The monoisotopic (exact) mass is 273 g/mol. The standard InChI is InChI=1S/C15H19N3O2/c1-10-7-12(3-4-13(10)19-2)15-17-14(20-18-15)8-11-5-6-16-9-11/h3-4,7,11,16H,5-6,8-9H2,1-2H3. The summed E-state index contributed by atoms with van der Waals surface area (Å²) in [6.07, 6.45) is 2.04. The molecule has 0 bridgehead atoms. The van der Waals surface area contributed by atoms with Crippen LogP contribution >= 0.6 is 0 Å². The summed E-state index contributed by atoms with van der Waals surface area (Å²) in [4.78, 5) is 4.49. The summed E-state index contributed by atoms with van der Waals surface area (Å²) in [5, 5.41) is 7.43. The Morgan fingerprint density at radius 3 is 3.05 bits per heavy atom. The zero-order valence-corrected chi connectivity index (χ0v) is 11.8. The van der Waals surface area contributed by atoms with E-state index in [1.165, 1.54) is 6.42 Å². The van der Waals surface area contributed by atoms with Crippen molar-refractivity contribution in [2.75, 3.05) is 20.2 Å². The molecule has 20 heavy (non-hydrogen) atoms. The fourth-order valence-corrected chi connectivity index (χ4v) is 2.61. The van der Waals surface area contributed by atoms with E-state index in [0.29, 0.717) is 11.7 Å². The van der Waals surface area contributed by atoms with Gasteiger partial charge in [0.05, 0.1) is 7.11 Å². The minimum atomic E-state index is 0.612. The molecule has 0 aliphatic carbocycles. The summed E-state index contributed by atoms with van der Waals surface area (Å²) in [6.45, 7) is 4.14. The molecule has 106 valence electrons. The van der Waals surface area contributed by atoms with Crippen molar-refractivity contribution in [1.29, 1.82) is 0 Å². The highest BCUT2D eigenvalue weighted by molar-refractivity contribution is 5.58. The van der Waals surface area contributed by atoms with Gasteiger partial charge in [-0.05, 0) is 56.1 Å². The summed E-state index contributed by atoms with van der Waals surface area (Å²) in [6, 6.07) is 5.91. The second kappa shape index (κ2) is 5.63. The topological polar surface area (TPSA) is 60.2 Å². The number of hydrogen-bond acceptors (Lipinski definition) is 5. The smallest absolute Gasteiger partial charge is 0.227 e. The van der Waals surface area contributed by atoms with Crippen molar-refractivity contribution in [1.82, 2.24) is 15.5 Å². The van der Waals surface area contributed by atoms with Crippen LogP contribution in [0.4, 0.5) is 0 Å². The van der Waals surface area contributed by atoms with Crippen molar-refractivity contribution in [2.24, 2.45) is 5.92 Å². The lowest BCUT2D eigenvalue weighted by atomic mass is 10.1. The normalized spacial score (nSPS) is 18.4. The van der Waals surface area contributed by atoms with Crippen LogP contribution in [-0.4, -0.2) is 30.3 Å². The zero-order valence-electron chi connectivity index (χ0n) is 11.8. The van der Waals surface area contributed by atoms with Gasteiger partial charge in [-0.1, -0.05) is 5.16 Å². The van der Waals surface area contributed by atoms with Gasteiger partial charge in [-0.2, -0.15) is 4.98 Å². The van der Waals surface area contributed by atoms with Crippen molar-refractivity contribution >= 4 is 0 Å². The SMILES string of the molecule is COc1ccc(-c2noc(CC3CCNC3)n2)cc1C. The van der Waals surface area contributed by atoms with Gasteiger partial charge in [-0.25, -0.2) is 0 Å². The molecule has 1 aromatic heterocycles. The molecule has 2 aromatic rings. The number of benzene rings is 1. The van der Waals surface area contributed by atoms with Crippen molar-refractivity contribution in [3.8, 4) is 17.1 Å². The van der Waals surface area contributed by atoms with Gasteiger partial charge in [0.15, 0.2) is 0 Å². The van der Waals surface area contributed by atoms with Gasteiger partial charge < -0.3 is 14.6 Å². The van der Waals surface area contributed by atoms with Gasteiger partial charge in [0, 0.05) is 12.0 Å². The minimum Gasteiger partial charge on any atom is -0.496 e. The predicted molar refractivity (Wildman–Crippen MR) is 75.7 cm³/mol. The Kier molecular flexibility index (Phi) is 3.69. The van der Waals surface area contributed by atoms with Crippen LogP contribution < -0.4 is 10.1 Å². The highest BCUT2D eigenvalue weighted by atomic mass is 16.5. The molecule has 1 aliphatic rings. The molecule has 1 aromatic carbocycles. The van der Waals surface area contributed by atoms with Gasteiger partial charge in [-0.3, -0.25) is 0 Å². The van der Waals surface area contributed by atoms with E-state index in [1.807, 2.05) is 25.1 Å². The predicted octanol–water partition coefficient (Wildman–Crippen LogP) is 2.21. The van der Waals surface area contributed by atoms with Crippen molar-refractivity contribution in [3.63, 3.8) is 0 Å². The molecule has 2 heterocycles. The van der Waals surface area contributed by atoms with E-state index >= 15 is 0 Å². The minimum absolute atomic E-state index is 0.612. The molecule has 1 N–H and O–H groups in total. The molecule has 1 fully saturated rings. The highest BCUT2D eigenvalue weighted by Gasteiger charge is 2.19. The molecule has 3 rings (SSSR count). The number of nitrogens with zero attached hydrogens (tertiary/aromatic N) is 2. The molecular formula is C15H19N3O2. The van der Waals surface area contributed by atoms with E-state index in [0.717, 1.165) is 42.3 Å². The Balaban J connectivity index is 1.77. The average Bonchev–Trinajstić information content (AvgIpc) is 3.11. The summed E-state index contributed by atoms with van der Waals surface area (Å²) < 4.78 is 10.6. The van der Waals surface area contributed by atoms with Gasteiger partial charge in [0.2, 0.25) is 11.7 Å². The summed E-state index contributed by atoms with van der Waals surface area (Å²) in [5.41, 5.74) is 2.03. The van der Waals surface area contributed by atoms with Crippen LogP contribution in [0.5, 0.6) is 5.75 Å². The van der Waals surface area contributed by atoms with Gasteiger partial charge in [0.1, 0.15) is 5.75 Å². The van der Waals surface area contributed by atoms with Gasteiger partial charge in [-0.15, -0.1) is 0 Å². The number of hydrogen-bond donors (Lipinski definition) is 1. The third-order valence-electron chi connectivity index (χ3n) is 3.75. The molecular weight excluding hydrogens is 254 g/mol. The molecule has 1 aliphatic heterocycles. The average molecular weight is 273 g/mol. The maximum Gasteiger partial charge on any atom is 0.227 e. The largest absolute Gasteiger partial charge is 0.496 e. The van der Waals surface area contributed by atoms with Crippen LogP contribution in [0.2, 0.25) is 0 Å². The Morgan fingerprint density at radius 2 is 2.35 bits per heavy atom. The van der Waals surface area contributed by atoms with E-state index in [4.69, 9.17) is 9.26 Å². The molecule has 0 radical (unpaired) electrons. The molecule has 5 heteroatoms. The molecule has 1 atom stereocenters. The van der Waals surface area contributed by atoms with Crippen LogP contribution in [0.1, 0.15) is 17.9 Å². The summed E-state index contributed by atoms with van der Waals surface area (Å²) >= 11 is 0. The Bertz CT molecular complexity index is 589. The van der Waals surface area contributed by atoms with Gasteiger partial charge >= 0.3 is 0 Å². The number of ether oxygens (including phenoxy) is 1. The first-order chi connectivity index (χ1) is 9.76. The van der Waals surface area contributed by atoms with Crippen LogP contribution in [0.15, 0.2) is 22.7 Å². The van der Waals surface area contributed by atoms with E-state index < -0.39 is 0 Å². The first kappa shape index (κ1) is 13.1. The quantitative estimate of drug-likeness (QED) is 0.925. The van der Waals surface area contributed by atoms with E-state index in [1.54, 1.807) is 7.11 Å². The number of aryl methyl sites for hydroxylation is 1. The molecule has 1 unspecified atom stereocenters. The van der Waals surface area contributed by atoms with E-state index in [9.17, 15) is 0 Å². The van der Waals surface area contributed by atoms with Crippen molar-refractivity contribution in [2.45, 2.75) is 19.8 Å².